The van der Waals surface area contributed by atoms with E-state index in [0.29, 0.717) is 18.7 Å². The molecular weight excluding hydrogens is 398 g/mol. The number of rotatable bonds is 6. The van der Waals surface area contributed by atoms with Crippen molar-refractivity contribution >= 4 is 38.1 Å². The molecule has 0 saturated carbocycles. The monoisotopic (exact) mass is 416 g/mol. The predicted molar refractivity (Wildman–Crippen MR) is 98.6 cm³/mol. The first-order chi connectivity index (χ1) is 12.7. The van der Waals surface area contributed by atoms with E-state index in [4.69, 9.17) is 0 Å². The molecule has 11 heteroatoms. The molecule has 0 spiro atoms. The summed E-state index contributed by atoms with van der Waals surface area (Å²) in [5.41, 5.74) is 0.386. The largest absolute Gasteiger partial charge is 0.325 e. The number of hydrogen-bond acceptors (Lipinski definition) is 6. The molecule has 1 aliphatic heterocycles. The van der Waals surface area contributed by atoms with Gasteiger partial charge in [0, 0.05) is 23.7 Å². The fourth-order valence-corrected chi connectivity index (χ4v) is 4.54. The lowest BCUT2D eigenvalue weighted by atomic mass is 10.1. The van der Waals surface area contributed by atoms with Crippen molar-refractivity contribution in [3.8, 4) is 0 Å². The van der Waals surface area contributed by atoms with E-state index in [1.807, 2.05) is 0 Å². The van der Waals surface area contributed by atoms with Crippen LogP contribution in [0.4, 0.5) is 19.6 Å². The van der Waals surface area contributed by atoms with Crippen molar-refractivity contribution in [1.29, 1.82) is 0 Å². The Morgan fingerprint density at radius 2 is 2.04 bits per heavy atom. The number of aromatic nitrogens is 1. The van der Waals surface area contributed by atoms with Crippen LogP contribution in [-0.2, 0) is 14.8 Å². The Labute approximate surface area is 159 Å². The molecule has 2 heterocycles. The molecule has 2 N–H and O–H groups in total. The number of halogens is 2. The predicted octanol–water partition coefficient (Wildman–Crippen LogP) is 2.61. The van der Waals surface area contributed by atoms with Crippen molar-refractivity contribution in [2.24, 2.45) is 0 Å². The summed E-state index contributed by atoms with van der Waals surface area (Å²) in [6.45, 7) is -0.121. The third-order valence-electron chi connectivity index (χ3n) is 3.94. The van der Waals surface area contributed by atoms with Gasteiger partial charge in [0.2, 0.25) is 5.91 Å². The van der Waals surface area contributed by atoms with Gasteiger partial charge in [0.15, 0.2) is 5.13 Å². The number of anilines is 2. The molecule has 1 aromatic heterocycles. The maximum absolute atomic E-state index is 13.4. The molecule has 2 aromatic rings. The van der Waals surface area contributed by atoms with Crippen molar-refractivity contribution in [3.63, 3.8) is 0 Å². The fraction of sp³-hybridized carbons (Fsp3) is 0.375. The average Bonchev–Trinajstić information content (AvgIpc) is 3.06. The zero-order valence-corrected chi connectivity index (χ0v) is 15.8. The summed E-state index contributed by atoms with van der Waals surface area (Å²) in [6.07, 6.45) is 1.67. The number of sulfonamides is 1. The summed E-state index contributed by atoms with van der Waals surface area (Å²) >= 11 is 1.16. The highest BCUT2D eigenvalue weighted by atomic mass is 32.2. The third-order valence-corrected chi connectivity index (χ3v) is 6.11. The summed E-state index contributed by atoms with van der Waals surface area (Å²) in [5.74, 6) is -3.19. The first kappa shape index (κ1) is 19.6. The van der Waals surface area contributed by atoms with Gasteiger partial charge in [-0.05, 0) is 37.2 Å². The van der Waals surface area contributed by atoms with Gasteiger partial charge in [-0.3, -0.25) is 14.4 Å². The van der Waals surface area contributed by atoms with Gasteiger partial charge < -0.3 is 5.32 Å². The van der Waals surface area contributed by atoms with Crippen molar-refractivity contribution in [2.45, 2.75) is 23.7 Å². The average molecular weight is 416 g/mol. The molecule has 0 radical (unpaired) electrons. The summed E-state index contributed by atoms with van der Waals surface area (Å²) in [6, 6.07) is 5.58. The second-order valence-corrected chi connectivity index (χ2v) is 8.76. The van der Waals surface area contributed by atoms with Crippen LogP contribution in [0.1, 0.15) is 12.8 Å². The quantitative estimate of drug-likeness (QED) is 0.755. The fourth-order valence-electron chi connectivity index (χ4n) is 2.75. The van der Waals surface area contributed by atoms with Gasteiger partial charge in [-0.2, -0.15) is 0 Å². The van der Waals surface area contributed by atoms with E-state index in [0.717, 1.165) is 11.3 Å². The van der Waals surface area contributed by atoms with E-state index < -0.39 is 28.4 Å². The standard InChI is InChI=1S/C16H18F2N4O3S2/c17-16(18)6-1-8-22(11-16)10-14(23)20-12-2-4-13(5-3-12)27(24,25)21-15-19-7-9-26-15/h2-5,7,9H,1,6,8,10-11H2,(H,19,21)(H,20,23). The van der Waals surface area contributed by atoms with E-state index in [9.17, 15) is 22.0 Å². The Kier molecular flexibility index (Phi) is 5.72. The van der Waals surface area contributed by atoms with Crippen molar-refractivity contribution in [2.75, 3.05) is 29.7 Å². The van der Waals surface area contributed by atoms with Crippen LogP contribution >= 0.6 is 11.3 Å². The van der Waals surface area contributed by atoms with Gasteiger partial charge in [-0.25, -0.2) is 22.2 Å². The van der Waals surface area contributed by atoms with Gasteiger partial charge in [-0.1, -0.05) is 0 Å². The zero-order valence-electron chi connectivity index (χ0n) is 14.2. The SMILES string of the molecule is O=C(CN1CCCC(F)(F)C1)Nc1ccc(S(=O)(=O)Nc2nccs2)cc1. The molecule has 0 bridgehead atoms. The number of alkyl halides is 2. The lowest BCUT2D eigenvalue weighted by molar-refractivity contribution is -0.120. The lowest BCUT2D eigenvalue weighted by Crippen LogP contribution is -2.45. The maximum atomic E-state index is 13.4. The van der Waals surface area contributed by atoms with Crippen molar-refractivity contribution in [3.05, 3.63) is 35.8 Å². The third kappa shape index (κ3) is 5.44. The van der Waals surface area contributed by atoms with Crippen LogP contribution in [0.15, 0.2) is 40.7 Å². The second kappa shape index (κ2) is 7.87. The lowest BCUT2D eigenvalue weighted by Gasteiger charge is -2.31. The van der Waals surface area contributed by atoms with Crippen LogP contribution in [0.2, 0.25) is 0 Å². The molecule has 1 aromatic carbocycles. The topological polar surface area (TPSA) is 91.4 Å². The van der Waals surface area contributed by atoms with Gasteiger partial charge in [-0.15, -0.1) is 11.3 Å². The molecule has 1 aliphatic rings. The number of nitrogens with zero attached hydrogens (tertiary/aromatic N) is 2. The van der Waals surface area contributed by atoms with Gasteiger partial charge in [0.05, 0.1) is 18.0 Å². The minimum absolute atomic E-state index is 0.0198. The second-order valence-electron chi connectivity index (χ2n) is 6.19. The number of hydrogen-bond donors (Lipinski definition) is 2. The Morgan fingerprint density at radius 1 is 1.30 bits per heavy atom. The van der Waals surface area contributed by atoms with E-state index in [2.05, 4.69) is 15.0 Å². The van der Waals surface area contributed by atoms with Crippen LogP contribution in [0, 0.1) is 0 Å². The van der Waals surface area contributed by atoms with E-state index in [1.165, 1.54) is 35.4 Å². The highest BCUT2D eigenvalue weighted by molar-refractivity contribution is 7.93. The number of benzene rings is 1. The minimum atomic E-state index is -3.77. The van der Waals surface area contributed by atoms with E-state index in [1.54, 1.807) is 5.38 Å². The van der Waals surface area contributed by atoms with Crippen LogP contribution in [-0.4, -0.2) is 49.8 Å². The number of likely N-dealkylation sites (tertiary alicyclic amines) is 1. The van der Waals surface area contributed by atoms with Crippen molar-refractivity contribution in [1.82, 2.24) is 9.88 Å². The Balaban J connectivity index is 1.58. The molecule has 1 amide bonds. The van der Waals surface area contributed by atoms with E-state index in [-0.39, 0.29) is 23.0 Å². The number of amides is 1. The number of carbonyl (C=O) groups excluding carboxylic acids is 1. The Bertz CT molecular complexity index is 887. The van der Waals surface area contributed by atoms with Crippen LogP contribution in [0.5, 0.6) is 0 Å². The summed E-state index contributed by atoms with van der Waals surface area (Å²) in [4.78, 5) is 17.3. The Hall–Kier alpha value is -2.11. The van der Waals surface area contributed by atoms with Crippen LogP contribution in [0.25, 0.3) is 0 Å². The van der Waals surface area contributed by atoms with Gasteiger partial charge in [0.1, 0.15) is 0 Å². The minimum Gasteiger partial charge on any atom is -0.325 e. The molecule has 1 fully saturated rings. The smallest absolute Gasteiger partial charge is 0.263 e. The highest BCUT2D eigenvalue weighted by Gasteiger charge is 2.35. The number of carbonyl (C=O) groups is 1. The molecular formula is C16H18F2N4O3S2. The highest BCUT2D eigenvalue weighted by Crippen LogP contribution is 2.26. The van der Waals surface area contributed by atoms with Crippen molar-refractivity contribution < 1.29 is 22.0 Å². The van der Waals surface area contributed by atoms with Crippen LogP contribution in [0.3, 0.4) is 0 Å². The molecule has 0 unspecified atom stereocenters. The number of piperidine rings is 1. The molecule has 0 aliphatic carbocycles. The molecule has 1 saturated heterocycles. The molecule has 3 rings (SSSR count). The molecule has 27 heavy (non-hydrogen) atoms. The van der Waals surface area contributed by atoms with Gasteiger partial charge in [0.25, 0.3) is 15.9 Å². The summed E-state index contributed by atoms with van der Waals surface area (Å²) in [7, 11) is -3.77. The Morgan fingerprint density at radius 3 is 2.67 bits per heavy atom. The molecule has 146 valence electrons. The maximum Gasteiger partial charge on any atom is 0.263 e. The summed E-state index contributed by atoms with van der Waals surface area (Å²) in [5, 5.41) is 4.49. The van der Waals surface area contributed by atoms with Gasteiger partial charge >= 0.3 is 0 Å². The molecule has 0 atom stereocenters. The first-order valence-electron chi connectivity index (χ1n) is 8.16. The first-order valence-corrected chi connectivity index (χ1v) is 10.5. The van der Waals surface area contributed by atoms with Crippen LogP contribution < -0.4 is 10.0 Å². The normalized spacial score (nSPS) is 17.4. The van der Waals surface area contributed by atoms with E-state index >= 15 is 0 Å². The number of thiazole rings is 1. The summed E-state index contributed by atoms with van der Waals surface area (Å²) < 4.78 is 53.6. The zero-order chi connectivity index (χ0) is 19.5. The molecule has 7 nitrogen and oxygen atoms in total. The number of nitrogens with one attached hydrogen (secondary N) is 2.